The molecule has 3 aromatic rings. The van der Waals surface area contributed by atoms with E-state index in [0.717, 1.165) is 12.1 Å². The SMILES string of the molecule is CC(C)N(Cc1ccc(C(F)(F)F)cc1)c1ncnc2c1ncn2CC1CCN(CC(N)=O)CC1O. The monoisotopic (exact) mass is 505 g/mol. The molecule has 3 heterocycles. The van der Waals surface area contributed by atoms with Crippen LogP contribution >= 0.6 is 0 Å². The van der Waals surface area contributed by atoms with Crippen molar-refractivity contribution in [3.05, 3.63) is 48.0 Å². The molecule has 1 aromatic carbocycles. The van der Waals surface area contributed by atoms with Crippen molar-refractivity contribution >= 4 is 22.9 Å². The van der Waals surface area contributed by atoms with Crippen LogP contribution in [0.25, 0.3) is 11.2 Å². The van der Waals surface area contributed by atoms with Crippen molar-refractivity contribution in [2.75, 3.05) is 24.5 Å². The van der Waals surface area contributed by atoms with Gasteiger partial charge < -0.3 is 20.3 Å². The summed E-state index contributed by atoms with van der Waals surface area (Å²) in [5.74, 6) is 0.125. The first-order valence-electron chi connectivity index (χ1n) is 11.8. The highest BCUT2D eigenvalue weighted by molar-refractivity contribution is 5.83. The van der Waals surface area contributed by atoms with Gasteiger partial charge in [-0.25, -0.2) is 15.0 Å². The van der Waals surface area contributed by atoms with Crippen molar-refractivity contribution in [3.8, 4) is 0 Å². The number of aliphatic hydroxyl groups is 1. The third-order valence-corrected chi connectivity index (χ3v) is 6.53. The molecule has 1 amide bonds. The molecule has 36 heavy (non-hydrogen) atoms. The Hall–Kier alpha value is -3.25. The number of primary amides is 1. The van der Waals surface area contributed by atoms with E-state index in [9.17, 15) is 23.1 Å². The Morgan fingerprint density at radius 3 is 2.56 bits per heavy atom. The maximum Gasteiger partial charge on any atom is 0.416 e. The van der Waals surface area contributed by atoms with Gasteiger partial charge in [0, 0.05) is 31.6 Å². The number of aromatic nitrogens is 4. The summed E-state index contributed by atoms with van der Waals surface area (Å²) < 4.78 is 40.7. The number of carbonyl (C=O) groups is 1. The van der Waals surface area contributed by atoms with Crippen LogP contribution in [0.4, 0.5) is 19.0 Å². The number of benzene rings is 1. The number of likely N-dealkylation sites (tertiary alicyclic amines) is 1. The normalized spacial score (nSPS) is 19.2. The zero-order valence-corrected chi connectivity index (χ0v) is 20.2. The minimum absolute atomic E-state index is 0.00746. The third-order valence-electron chi connectivity index (χ3n) is 6.53. The van der Waals surface area contributed by atoms with Crippen molar-refractivity contribution in [1.29, 1.82) is 0 Å². The second-order valence-corrected chi connectivity index (χ2v) is 9.50. The fraction of sp³-hybridized carbons (Fsp3) is 0.500. The van der Waals surface area contributed by atoms with Crippen LogP contribution in [0.5, 0.6) is 0 Å². The third kappa shape index (κ3) is 5.76. The Morgan fingerprint density at radius 2 is 1.94 bits per heavy atom. The van der Waals surface area contributed by atoms with Gasteiger partial charge in [0.15, 0.2) is 17.0 Å². The minimum atomic E-state index is -4.38. The molecule has 0 aliphatic carbocycles. The van der Waals surface area contributed by atoms with Gasteiger partial charge in [0.1, 0.15) is 6.33 Å². The molecule has 0 bridgehead atoms. The maximum absolute atomic E-state index is 12.9. The average Bonchev–Trinajstić information content (AvgIpc) is 3.21. The second kappa shape index (κ2) is 10.4. The number of piperidine rings is 1. The standard InChI is InChI=1S/C24H30F3N7O2/c1-15(2)34(9-16-3-5-18(6-4-16)24(25,26)27)23-21-22(29-13-30-23)33(14-31-21)10-17-7-8-32(11-19(17)35)12-20(28)36/h3-6,13-15,17,19,35H,7-12H2,1-2H3,(H2,28,36). The summed E-state index contributed by atoms with van der Waals surface area (Å²) in [6, 6.07) is 5.10. The van der Waals surface area contributed by atoms with Crippen LogP contribution in [0.3, 0.4) is 0 Å². The highest BCUT2D eigenvalue weighted by atomic mass is 19.4. The van der Waals surface area contributed by atoms with E-state index in [2.05, 4.69) is 15.0 Å². The summed E-state index contributed by atoms with van der Waals surface area (Å²) in [7, 11) is 0. The first kappa shape index (κ1) is 25.8. The van der Waals surface area contributed by atoms with Crippen LogP contribution in [-0.4, -0.2) is 67.2 Å². The second-order valence-electron chi connectivity index (χ2n) is 9.50. The highest BCUT2D eigenvalue weighted by Crippen LogP contribution is 2.30. The molecule has 1 saturated heterocycles. The van der Waals surface area contributed by atoms with E-state index in [1.54, 1.807) is 6.33 Å². The van der Waals surface area contributed by atoms with Gasteiger partial charge in [0.05, 0.1) is 24.5 Å². The Balaban J connectivity index is 1.54. The topological polar surface area (TPSA) is 113 Å². The van der Waals surface area contributed by atoms with E-state index >= 15 is 0 Å². The van der Waals surface area contributed by atoms with Gasteiger partial charge in [-0.15, -0.1) is 0 Å². The first-order chi connectivity index (χ1) is 17.0. The lowest BCUT2D eigenvalue weighted by molar-refractivity contribution is -0.137. The molecule has 4 rings (SSSR count). The number of nitrogens with zero attached hydrogens (tertiary/aromatic N) is 6. The van der Waals surface area contributed by atoms with Gasteiger partial charge in [-0.1, -0.05) is 12.1 Å². The van der Waals surface area contributed by atoms with E-state index in [1.807, 2.05) is 28.2 Å². The number of fused-ring (bicyclic) bond motifs is 1. The smallest absolute Gasteiger partial charge is 0.391 e. The molecule has 3 N–H and O–H groups in total. The molecule has 2 unspecified atom stereocenters. The highest BCUT2D eigenvalue weighted by Gasteiger charge is 2.31. The molecule has 0 saturated carbocycles. The fourth-order valence-corrected chi connectivity index (χ4v) is 4.59. The molecular weight excluding hydrogens is 475 g/mol. The number of anilines is 1. The molecule has 2 atom stereocenters. The molecule has 1 fully saturated rings. The molecule has 1 aliphatic rings. The molecular formula is C24H30F3N7O2. The molecule has 2 aromatic heterocycles. The maximum atomic E-state index is 12.9. The first-order valence-corrected chi connectivity index (χ1v) is 11.8. The van der Waals surface area contributed by atoms with E-state index in [0.29, 0.717) is 55.1 Å². The summed E-state index contributed by atoms with van der Waals surface area (Å²) in [5, 5.41) is 10.6. The average molecular weight is 506 g/mol. The van der Waals surface area contributed by atoms with Gasteiger partial charge in [-0.2, -0.15) is 13.2 Å². The van der Waals surface area contributed by atoms with Gasteiger partial charge in [-0.05, 0) is 44.5 Å². The molecule has 0 radical (unpaired) electrons. The minimum Gasteiger partial charge on any atom is -0.391 e. The lowest BCUT2D eigenvalue weighted by atomic mass is 9.93. The number of imidazole rings is 1. The number of rotatable bonds is 8. The molecule has 0 spiro atoms. The van der Waals surface area contributed by atoms with Gasteiger partial charge in [-0.3, -0.25) is 9.69 Å². The molecule has 9 nitrogen and oxygen atoms in total. The van der Waals surface area contributed by atoms with Gasteiger partial charge in [0.25, 0.3) is 0 Å². The molecule has 12 heteroatoms. The van der Waals surface area contributed by atoms with Crippen LogP contribution in [0.2, 0.25) is 0 Å². The Morgan fingerprint density at radius 1 is 1.22 bits per heavy atom. The Labute approximate surface area is 206 Å². The number of alkyl halides is 3. The van der Waals surface area contributed by atoms with Crippen molar-refractivity contribution < 1.29 is 23.1 Å². The predicted molar refractivity (Wildman–Crippen MR) is 128 cm³/mol. The Bertz CT molecular complexity index is 1200. The fourth-order valence-electron chi connectivity index (χ4n) is 4.59. The van der Waals surface area contributed by atoms with Crippen LogP contribution in [0.15, 0.2) is 36.9 Å². The van der Waals surface area contributed by atoms with Crippen molar-refractivity contribution in [2.45, 2.75) is 51.7 Å². The largest absolute Gasteiger partial charge is 0.416 e. The number of nitrogens with two attached hydrogens (primary N) is 1. The number of amides is 1. The van der Waals surface area contributed by atoms with Crippen LogP contribution in [0.1, 0.15) is 31.4 Å². The number of β-amino-alcohol motifs (C(OH)–C–C–N with tert-alkyl or cyclic N) is 1. The van der Waals surface area contributed by atoms with Gasteiger partial charge in [0.2, 0.25) is 5.91 Å². The summed E-state index contributed by atoms with van der Waals surface area (Å²) in [6.07, 6.45) is -1.19. The number of carbonyl (C=O) groups excluding carboxylic acids is 1. The van der Waals surface area contributed by atoms with Crippen LogP contribution in [-0.2, 0) is 24.1 Å². The zero-order valence-electron chi connectivity index (χ0n) is 20.2. The van der Waals surface area contributed by atoms with Crippen molar-refractivity contribution in [2.24, 2.45) is 11.7 Å². The molecule has 1 aliphatic heterocycles. The van der Waals surface area contributed by atoms with E-state index < -0.39 is 23.8 Å². The van der Waals surface area contributed by atoms with Crippen molar-refractivity contribution in [3.63, 3.8) is 0 Å². The number of aliphatic hydroxyl groups excluding tert-OH is 1. The summed E-state index contributed by atoms with van der Waals surface area (Å²) in [4.78, 5) is 28.4. The number of hydrogen-bond donors (Lipinski definition) is 2. The van der Waals surface area contributed by atoms with E-state index in [4.69, 9.17) is 5.73 Å². The van der Waals surface area contributed by atoms with Gasteiger partial charge >= 0.3 is 6.18 Å². The summed E-state index contributed by atoms with van der Waals surface area (Å²) in [5.41, 5.74) is 6.50. The summed E-state index contributed by atoms with van der Waals surface area (Å²) >= 11 is 0. The van der Waals surface area contributed by atoms with E-state index in [1.165, 1.54) is 18.5 Å². The quantitative estimate of drug-likeness (QED) is 0.483. The Kier molecular flexibility index (Phi) is 7.46. The number of halogens is 3. The molecule has 194 valence electrons. The zero-order chi connectivity index (χ0) is 26.0. The number of hydrogen-bond acceptors (Lipinski definition) is 7. The predicted octanol–water partition coefficient (Wildman–Crippen LogP) is 2.43. The van der Waals surface area contributed by atoms with Crippen LogP contribution < -0.4 is 10.6 Å². The van der Waals surface area contributed by atoms with Crippen LogP contribution in [0, 0.1) is 5.92 Å². The summed E-state index contributed by atoms with van der Waals surface area (Å²) in [6.45, 7) is 5.96. The van der Waals surface area contributed by atoms with E-state index in [-0.39, 0.29) is 18.5 Å². The lowest BCUT2D eigenvalue weighted by Crippen LogP contribution is -2.47. The van der Waals surface area contributed by atoms with Crippen molar-refractivity contribution in [1.82, 2.24) is 24.4 Å². The lowest BCUT2D eigenvalue weighted by Gasteiger charge is -2.35.